The number of amides is 1. The summed E-state index contributed by atoms with van der Waals surface area (Å²) in [5, 5.41) is 8.63. The fraction of sp³-hybridized carbons (Fsp3) is 0.368. The first-order valence-electron chi connectivity index (χ1n) is 8.86. The van der Waals surface area contributed by atoms with E-state index in [2.05, 4.69) is 15.2 Å². The molecule has 0 radical (unpaired) electrons. The van der Waals surface area contributed by atoms with Crippen molar-refractivity contribution in [3.8, 4) is 0 Å². The highest BCUT2D eigenvalue weighted by atomic mass is 16.2. The Bertz CT molecular complexity index is 934. The third-order valence-electron chi connectivity index (χ3n) is 4.86. The van der Waals surface area contributed by atoms with Gasteiger partial charge >= 0.3 is 0 Å². The average Bonchev–Trinajstić information content (AvgIpc) is 3.12. The standard InChI is InChI=1S/C19H22N6O/c1-23(2)17-12-14(8-9-20-17)19(26)24-10-5-6-15(13-24)18-22-21-16-7-3-4-11-25(16)18/h3-4,7-9,11-12,15H,5-6,10,13H2,1-2H3/t15-/m1/s1. The minimum Gasteiger partial charge on any atom is -0.363 e. The molecule has 4 heterocycles. The lowest BCUT2D eigenvalue weighted by molar-refractivity contribution is 0.0704. The molecule has 0 N–H and O–H groups in total. The highest BCUT2D eigenvalue weighted by molar-refractivity contribution is 5.95. The summed E-state index contributed by atoms with van der Waals surface area (Å²) in [5.74, 6) is 1.96. The van der Waals surface area contributed by atoms with Crippen LogP contribution in [0.3, 0.4) is 0 Å². The zero-order valence-electron chi connectivity index (χ0n) is 15.0. The van der Waals surface area contributed by atoms with Crippen LogP contribution in [0.5, 0.6) is 0 Å². The van der Waals surface area contributed by atoms with Crippen LogP contribution in [0.4, 0.5) is 5.82 Å². The van der Waals surface area contributed by atoms with Gasteiger partial charge in [-0.15, -0.1) is 10.2 Å². The van der Waals surface area contributed by atoms with Gasteiger partial charge in [-0.2, -0.15) is 0 Å². The Morgan fingerprint density at radius 3 is 2.96 bits per heavy atom. The third kappa shape index (κ3) is 3.00. The molecule has 1 aliphatic heterocycles. The van der Waals surface area contributed by atoms with Gasteiger partial charge in [0.2, 0.25) is 0 Å². The third-order valence-corrected chi connectivity index (χ3v) is 4.86. The van der Waals surface area contributed by atoms with E-state index in [1.165, 1.54) is 0 Å². The predicted octanol–water partition coefficient (Wildman–Crippen LogP) is 2.21. The topological polar surface area (TPSA) is 66.6 Å². The molecule has 7 nitrogen and oxygen atoms in total. The monoisotopic (exact) mass is 350 g/mol. The average molecular weight is 350 g/mol. The first kappa shape index (κ1) is 16.5. The molecule has 0 unspecified atom stereocenters. The Labute approximate surface area is 152 Å². The number of pyridine rings is 2. The number of aromatic nitrogens is 4. The molecule has 0 aliphatic carbocycles. The van der Waals surface area contributed by atoms with Crippen LogP contribution in [-0.2, 0) is 0 Å². The van der Waals surface area contributed by atoms with Gasteiger partial charge in [0.1, 0.15) is 11.6 Å². The molecule has 26 heavy (non-hydrogen) atoms. The summed E-state index contributed by atoms with van der Waals surface area (Å²) in [4.78, 5) is 21.1. The Morgan fingerprint density at radius 1 is 1.23 bits per heavy atom. The molecule has 1 amide bonds. The number of hydrogen-bond donors (Lipinski definition) is 0. The maximum atomic E-state index is 13.0. The number of anilines is 1. The van der Waals surface area contributed by atoms with Crippen molar-refractivity contribution < 1.29 is 4.79 Å². The summed E-state index contributed by atoms with van der Waals surface area (Å²) < 4.78 is 2.02. The van der Waals surface area contributed by atoms with E-state index in [4.69, 9.17) is 0 Å². The van der Waals surface area contributed by atoms with Gasteiger partial charge in [-0.25, -0.2) is 4.98 Å². The van der Waals surface area contributed by atoms with Gasteiger partial charge in [0.15, 0.2) is 5.65 Å². The summed E-state index contributed by atoms with van der Waals surface area (Å²) in [6.07, 6.45) is 5.65. The van der Waals surface area contributed by atoms with Crippen molar-refractivity contribution >= 4 is 17.4 Å². The van der Waals surface area contributed by atoms with E-state index >= 15 is 0 Å². The Kier molecular flexibility index (Phi) is 4.28. The second kappa shape index (κ2) is 6.74. The minimum absolute atomic E-state index is 0.0500. The number of likely N-dealkylation sites (tertiary alicyclic amines) is 1. The van der Waals surface area contributed by atoms with Crippen molar-refractivity contribution in [3.05, 3.63) is 54.1 Å². The van der Waals surface area contributed by atoms with E-state index in [-0.39, 0.29) is 11.8 Å². The lowest BCUT2D eigenvalue weighted by atomic mass is 9.96. The molecular formula is C19H22N6O. The van der Waals surface area contributed by atoms with Crippen LogP contribution in [0, 0.1) is 0 Å². The van der Waals surface area contributed by atoms with E-state index in [1.54, 1.807) is 12.3 Å². The zero-order valence-corrected chi connectivity index (χ0v) is 15.0. The molecular weight excluding hydrogens is 328 g/mol. The Morgan fingerprint density at radius 2 is 2.12 bits per heavy atom. The largest absolute Gasteiger partial charge is 0.363 e. The van der Waals surface area contributed by atoms with Gasteiger partial charge in [-0.05, 0) is 37.1 Å². The molecule has 7 heteroatoms. The van der Waals surface area contributed by atoms with Crippen molar-refractivity contribution in [1.82, 2.24) is 24.5 Å². The smallest absolute Gasteiger partial charge is 0.254 e. The van der Waals surface area contributed by atoms with E-state index in [0.717, 1.165) is 36.7 Å². The van der Waals surface area contributed by atoms with Crippen LogP contribution in [-0.4, -0.2) is 57.6 Å². The predicted molar refractivity (Wildman–Crippen MR) is 99.4 cm³/mol. The van der Waals surface area contributed by atoms with Crippen LogP contribution in [0.2, 0.25) is 0 Å². The Hall–Kier alpha value is -2.96. The molecule has 0 bridgehead atoms. The summed E-state index contributed by atoms with van der Waals surface area (Å²) in [6, 6.07) is 9.51. The maximum Gasteiger partial charge on any atom is 0.254 e. The van der Waals surface area contributed by atoms with Crippen molar-refractivity contribution in [3.63, 3.8) is 0 Å². The minimum atomic E-state index is 0.0500. The van der Waals surface area contributed by atoms with Crippen molar-refractivity contribution in [1.29, 1.82) is 0 Å². The summed E-state index contributed by atoms with van der Waals surface area (Å²) >= 11 is 0. The number of carbonyl (C=O) groups is 1. The van der Waals surface area contributed by atoms with E-state index in [9.17, 15) is 4.79 Å². The van der Waals surface area contributed by atoms with Crippen LogP contribution < -0.4 is 4.90 Å². The van der Waals surface area contributed by atoms with Gasteiger partial charge in [0.05, 0.1) is 0 Å². The second-order valence-electron chi connectivity index (χ2n) is 6.87. The summed E-state index contributed by atoms with van der Waals surface area (Å²) in [6.45, 7) is 1.43. The highest BCUT2D eigenvalue weighted by Gasteiger charge is 2.28. The van der Waals surface area contributed by atoms with E-state index in [0.29, 0.717) is 12.1 Å². The number of nitrogens with zero attached hydrogens (tertiary/aromatic N) is 6. The molecule has 0 aromatic carbocycles. The van der Waals surface area contributed by atoms with E-state index in [1.807, 2.05) is 58.8 Å². The van der Waals surface area contributed by atoms with Gasteiger partial charge in [-0.3, -0.25) is 9.20 Å². The SMILES string of the molecule is CN(C)c1cc(C(=O)N2CCC[C@@H](c3nnc4ccccn34)C2)ccn1. The number of carbonyl (C=O) groups excluding carboxylic acids is 1. The molecule has 1 aliphatic rings. The molecule has 3 aromatic heterocycles. The van der Waals surface area contributed by atoms with Gasteiger partial charge < -0.3 is 9.80 Å². The summed E-state index contributed by atoms with van der Waals surface area (Å²) in [7, 11) is 3.84. The van der Waals surface area contributed by atoms with Crippen LogP contribution in [0.15, 0.2) is 42.7 Å². The quantitative estimate of drug-likeness (QED) is 0.724. The van der Waals surface area contributed by atoms with Crippen molar-refractivity contribution in [2.24, 2.45) is 0 Å². The van der Waals surface area contributed by atoms with Gasteiger partial charge in [0.25, 0.3) is 5.91 Å². The molecule has 4 rings (SSSR count). The molecule has 1 fully saturated rings. The highest BCUT2D eigenvalue weighted by Crippen LogP contribution is 2.27. The van der Waals surface area contributed by atoms with Crippen LogP contribution in [0.25, 0.3) is 5.65 Å². The molecule has 1 atom stereocenters. The normalized spacial score (nSPS) is 17.5. The molecule has 1 saturated heterocycles. The lowest BCUT2D eigenvalue weighted by Crippen LogP contribution is -2.39. The lowest BCUT2D eigenvalue weighted by Gasteiger charge is -2.32. The first-order chi connectivity index (χ1) is 12.6. The van der Waals surface area contributed by atoms with Crippen LogP contribution in [0.1, 0.15) is 34.9 Å². The second-order valence-corrected chi connectivity index (χ2v) is 6.87. The van der Waals surface area contributed by atoms with Crippen molar-refractivity contribution in [2.45, 2.75) is 18.8 Å². The first-order valence-corrected chi connectivity index (χ1v) is 8.86. The molecule has 0 saturated carbocycles. The van der Waals surface area contributed by atoms with Crippen LogP contribution >= 0.6 is 0 Å². The number of rotatable bonds is 3. The van der Waals surface area contributed by atoms with Crippen molar-refractivity contribution in [2.75, 3.05) is 32.1 Å². The number of fused-ring (bicyclic) bond motifs is 1. The fourth-order valence-electron chi connectivity index (χ4n) is 3.49. The molecule has 0 spiro atoms. The number of piperidine rings is 1. The van der Waals surface area contributed by atoms with Gasteiger partial charge in [0, 0.05) is 51.1 Å². The van der Waals surface area contributed by atoms with Gasteiger partial charge in [-0.1, -0.05) is 6.07 Å². The van der Waals surface area contributed by atoms with E-state index < -0.39 is 0 Å². The zero-order chi connectivity index (χ0) is 18.1. The fourth-order valence-corrected chi connectivity index (χ4v) is 3.49. The molecule has 134 valence electrons. The molecule has 3 aromatic rings. The maximum absolute atomic E-state index is 13.0. The summed E-state index contributed by atoms with van der Waals surface area (Å²) in [5.41, 5.74) is 1.52. The number of hydrogen-bond acceptors (Lipinski definition) is 5. The Balaban J connectivity index is 1.57.